The predicted octanol–water partition coefficient (Wildman–Crippen LogP) is 4.31. The number of carbonyl (C=O) groups is 2. The standard InChI is InChI=1S/C24H31N3O2/c1-5-14-25-24(29)27(18-21-9-7-8-19(3)16-21)22-12-10-20(11-13-22)17-23(28)26(4)15-6-2/h5,7-13,16H,1,6,14-15,17-18H2,2-4H3,(H,25,29). The Morgan fingerprint density at radius 3 is 2.45 bits per heavy atom. The van der Waals surface area contributed by atoms with Crippen molar-refractivity contribution in [3.63, 3.8) is 0 Å². The van der Waals surface area contributed by atoms with Crippen molar-refractivity contribution >= 4 is 17.6 Å². The lowest BCUT2D eigenvalue weighted by Crippen LogP contribution is -2.39. The molecule has 0 fully saturated rings. The fourth-order valence-electron chi connectivity index (χ4n) is 3.09. The molecular weight excluding hydrogens is 362 g/mol. The number of carbonyl (C=O) groups excluding carboxylic acids is 2. The van der Waals surface area contributed by atoms with Crippen LogP contribution < -0.4 is 10.2 Å². The molecule has 0 aromatic heterocycles. The molecule has 0 unspecified atom stereocenters. The van der Waals surface area contributed by atoms with Crippen LogP contribution in [0.1, 0.15) is 30.0 Å². The summed E-state index contributed by atoms with van der Waals surface area (Å²) in [5.74, 6) is 0.0972. The molecule has 2 rings (SSSR count). The number of amides is 3. The van der Waals surface area contributed by atoms with Crippen LogP contribution in [-0.2, 0) is 17.8 Å². The van der Waals surface area contributed by atoms with Gasteiger partial charge in [0.05, 0.1) is 13.0 Å². The highest BCUT2D eigenvalue weighted by Gasteiger charge is 2.16. The molecule has 2 aromatic carbocycles. The van der Waals surface area contributed by atoms with Crippen molar-refractivity contribution in [2.75, 3.05) is 25.0 Å². The second-order valence-corrected chi connectivity index (χ2v) is 7.21. The monoisotopic (exact) mass is 393 g/mol. The maximum atomic E-state index is 12.7. The SMILES string of the molecule is C=CCNC(=O)N(Cc1cccc(C)c1)c1ccc(CC(=O)N(C)CCC)cc1. The highest BCUT2D eigenvalue weighted by atomic mass is 16.2. The number of hydrogen-bond donors (Lipinski definition) is 1. The Bertz CT molecular complexity index is 830. The van der Waals surface area contributed by atoms with Crippen LogP contribution in [0, 0.1) is 6.92 Å². The van der Waals surface area contributed by atoms with E-state index >= 15 is 0 Å². The van der Waals surface area contributed by atoms with Gasteiger partial charge in [-0.05, 0) is 36.6 Å². The normalized spacial score (nSPS) is 10.3. The first-order valence-electron chi connectivity index (χ1n) is 9.99. The summed E-state index contributed by atoms with van der Waals surface area (Å²) in [5.41, 5.74) is 3.92. The number of anilines is 1. The molecule has 0 aliphatic carbocycles. The fraction of sp³-hybridized carbons (Fsp3) is 0.333. The Kier molecular flexibility index (Phi) is 8.46. The van der Waals surface area contributed by atoms with Crippen molar-refractivity contribution in [2.45, 2.75) is 33.2 Å². The first kappa shape index (κ1) is 22.2. The van der Waals surface area contributed by atoms with E-state index in [-0.39, 0.29) is 11.9 Å². The summed E-state index contributed by atoms with van der Waals surface area (Å²) >= 11 is 0. The molecule has 0 radical (unpaired) electrons. The van der Waals surface area contributed by atoms with E-state index in [0.29, 0.717) is 19.5 Å². The zero-order valence-corrected chi connectivity index (χ0v) is 17.6. The zero-order chi connectivity index (χ0) is 21.2. The minimum atomic E-state index is -0.182. The molecule has 0 bridgehead atoms. The molecule has 0 saturated heterocycles. The van der Waals surface area contributed by atoms with Crippen LogP contribution in [0.5, 0.6) is 0 Å². The summed E-state index contributed by atoms with van der Waals surface area (Å²) in [5, 5.41) is 2.85. The second kappa shape index (κ2) is 11.1. The highest BCUT2D eigenvalue weighted by Crippen LogP contribution is 2.20. The van der Waals surface area contributed by atoms with Gasteiger partial charge in [0.25, 0.3) is 0 Å². The average Bonchev–Trinajstić information content (AvgIpc) is 2.71. The first-order chi connectivity index (χ1) is 13.9. The van der Waals surface area contributed by atoms with Gasteiger partial charge in [0, 0.05) is 25.8 Å². The van der Waals surface area contributed by atoms with Gasteiger partial charge in [0.2, 0.25) is 5.91 Å². The van der Waals surface area contributed by atoms with E-state index in [4.69, 9.17) is 0 Å². The van der Waals surface area contributed by atoms with Crippen LogP contribution in [0.15, 0.2) is 61.2 Å². The molecule has 0 aliphatic rings. The topological polar surface area (TPSA) is 52.7 Å². The Hall–Kier alpha value is -3.08. The third kappa shape index (κ3) is 6.79. The van der Waals surface area contributed by atoms with Gasteiger partial charge in [-0.3, -0.25) is 9.69 Å². The van der Waals surface area contributed by atoms with Gasteiger partial charge in [0.15, 0.2) is 0 Å². The van der Waals surface area contributed by atoms with Crippen LogP contribution in [-0.4, -0.2) is 37.0 Å². The van der Waals surface area contributed by atoms with Gasteiger partial charge < -0.3 is 10.2 Å². The number of benzene rings is 2. The Balaban J connectivity index is 2.18. The largest absolute Gasteiger partial charge is 0.345 e. The molecule has 154 valence electrons. The van der Waals surface area contributed by atoms with E-state index in [2.05, 4.69) is 24.9 Å². The van der Waals surface area contributed by atoms with Crippen LogP contribution in [0.25, 0.3) is 0 Å². The highest BCUT2D eigenvalue weighted by molar-refractivity contribution is 5.92. The van der Waals surface area contributed by atoms with Gasteiger partial charge >= 0.3 is 6.03 Å². The molecule has 0 heterocycles. The van der Waals surface area contributed by atoms with E-state index < -0.39 is 0 Å². The third-order valence-corrected chi connectivity index (χ3v) is 4.65. The van der Waals surface area contributed by atoms with Crippen molar-refractivity contribution in [1.29, 1.82) is 0 Å². The Morgan fingerprint density at radius 2 is 1.83 bits per heavy atom. The number of urea groups is 1. The molecule has 0 spiro atoms. The van der Waals surface area contributed by atoms with Crippen molar-refractivity contribution in [2.24, 2.45) is 0 Å². The maximum Gasteiger partial charge on any atom is 0.322 e. The van der Waals surface area contributed by atoms with E-state index in [1.54, 1.807) is 15.9 Å². The lowest BCUT2D eigenvalue weighted by Gasteiger charge is -2.24. The molecule has 0 atom stereocenters. The van der Waals surface area contributed by atoms with Gasteiger partial charge in [-0.15, -0.1) is 6.58 Å². The number of nitrogens with one attached hydrogen (secondary N) is 1. The van der Waals surface area contributed by atoms with E-state index in [1.807, 2.05) is 56.4 Å². The van der Waals surface area contributed by atoms with Gasteiger partial charge in [-0.25, -0.2) is 4.79 Å². The summed E-state index contributed by atoms with van der Waals surface area (Å²) in [6.07, 6.45) is 2.95. The number of rotatable bonds is 9. The fourth-order valence-corrected chi connectivity index (χ4v) is 3.09. The smallest absolute Gasteiger partial charge is 0.322 e. The molecule has 2 aromatic rings. The van der Waals surface area contributed by atoms with Crippen molar-refractivity contribution in [3.05, 3.63) is 77.9 Å². The first-order valence-corrected chi connectivity index (χ1v) is 9.99. The minimum absolute atomic E-state index is 0.0972. The van der Waals surface area contributed by atoms with Crippen molar-refractivity contribution in [3.8, 4) is 0 Å². The van der Waals surface area contributed by atoms with E-state index in [1.165, 1.54) is 0 Å². The summed E-state index contributed by atoms with van der Waals surface area (Å²) in [6.45, 7) is 9.36. The Labute approximate surface area is 174 Å². The quantitative estimate of drug-likeness (QED) is 0.646. The molecule has 3 amide bonds. The summed E-state index contributed by atoms with van der Waals surface area (Å²) in [7, 11) is 1.83. The maximum absolute atomic E-state index is 12.7. The lowest BCUT2D eigenvalue weighted by atomic mass is 10.1. The van der Waals surface area contributed by atoms with Crippen molar-refractivity contribution < 1.29 is 9.59 Å². The molecule has 0 aliphatic heterocycles. The van der Waals surface area contributed by atoms with Gasteiger partial charge in [-0.2, -0.15) is 0 Å². The number of aryl methyl sites for hydroxylation is 1. The summed E-state index contributed by atoms with van der Waals surface area (Å²) < 4.78 is 0. The van der Waals surface area contributed by atoms with E-state index in [0.717, 1.165) is 35.3 Å². The molecule has 5 nitrogen and oxygen atoms in total. The number of nitrogens with zero attached hydrogens (tertiary/aromatic N) is 2. The molecule has 29 heavy (non-hydrogen) atoms. The molecular formula is C24H31N3O2. The van der Waals surface area contributed by atoms with Crippen LogP contribution >= 0.6 is 0 Å². The van der Waals surface area contributed by atoms with Gasteiger partial charge in [-0.1, -0.05) is 55.0 Å². The van der Waals surface area contributed by atoms with E-state index in [9.17, 15) is 9.59 Å². The molecule has 1 N–H and O–H groups in total. The predicted molar refractivity (Wildman–Crippen MR) is 119 cm³/mol. The summed E-state index contributed by atoms with van der Waals surface area (Å²) in [6, 6.07) is 15.5. The van der Waals surface area contributed by atoms with Crippen LogP contribution in [0.3, 0.4) is 0 Å². The van der Waals surface area contributed by atoms with Crippen molar-refractivity contribution in [1.82, 2.24) is 10.2 Å². The second-order valence-electron chi connectivity index (χ2n) is 7.21. The third-order valence-electron chi connectivity index (χ3n) is 4.65. The number of hydrogen-bond acceptors (Lipinski definition) is 2. The van der Waals surface area contributed by atoms with Crippen LogP contribution in [0.2, 0.25) is 0 Å². The Morgan fingerprint density at radius 1 is 1.10 bits per heavy atom. The van der Waals surface area contributed by atoms with Crippen LogP contribution in [0.4, 0.5) is 10.5 Å². The van der Waals surface area contributed by atoms with Gasteiger partial charge in [0.1, 0.15) is 0 Å². The average molecular weight is 394 g/mol. The number of likely N-dealkylation sites (N-methyl/N-ethyl adjacent to an activating group) is 1. The zero-order valence-electron chi connectivity index (χ0n) is 17.6. The summed E-state index contributed by atoms with van der Waals surface area (Å²) in [4.78, 5) is 28.4. The molecule has 0 saturated carbocycles. The molecule has 5 heteroatoms. The minimum Gasteiger partial charge on any atom is -0.345 e. The lowest BCUT2D eigenvalue weighted by molar-refractivity contribution is -0.129.